The van der Waals surface area contributed by atoms with Crippen LogP contribution in [0.3, 0.4) is 0 Å². The predicted octanol–water partition coefficient (Wildman–Crippen LogP) is 3.15. The Morgan fingerprint density at radius 3 is 2.36 bits per heavy atom. The number of nitrogens with two attached hydrogens (primary N) is 1. The van der Waals surface area contributed by atoms with Crippen LogP contribution in [0.5, 0.6) is 0 Å². The van der Waals surface area contributed by atoms with Crippen molar-refractivity contribution in [3.05, 3.63) is 59.7 Å². The van der Waals surface area contributed by atoms with Crippen molar-refractivity contribution < 1.29 is 9.59 Å². The van der Waals surface area contributed by atoms with E-state index in [0.717, 1.165) is 18.4 Å². The molecule has 0 atom stereocenters. The number of nitrogen functional groups attached to an aromatic ring is 1. The van der Waals surface area contributed by atoms with Gasteiger partial charge < -0.3 is 16.4 Å². The fourth-order valence-corrected chi connectivity index (χ4v) is 2.43. The topological polar surface area (TPSA) is 84.2 Å². The van der Waals surface area contributed by atoms with E-state index in [1.165, 1.54) is 0 Å². The molecule has 0 unspecified atom stereocenters. The number of aryl methyl sites for hydroxylation is 1. The van der Waals surface area contributed by atoms with Crippen LogP contribution in [-0.2, 0) is 11.2 Å². The number of halogens is 1. The van der Waals surface area contributed by atoms with Crippen LogP contribution in [0.15, 0.2) is 48.5 Å². The molecule has 0 radical (unpaired) electrons. The molecule has 1 aliphatic rings. The van der Waals surface area contributed by atoms with E-state index in [4.69, 9.17) is 5.73 Å². The van der Waals surface area contributed by atoms with Crippen molar-refractivity contribution in [1.82, 2.24) is 5.32 Å². The minimum absolute atomic E-state index is 0. The van der Waals surface area contributed by atoms with Crippen LogP contribution in [0.25, 0.3) is 0 Å². The van der Waals surface area contributed by atoms with Crippen molar-refractivity contribution >= 4 is 35.6 Å². The zero-order valence-corrected chi connectivity index (χ0v) is 14.6. The molecule has 0 heterocycles. The van der Waals surface area contributed by atoms with Gasteiger partial charge in [-0.25, -0.2) is 0 Å². The Balaban J connectivity index is 0.00000225. The number of benzene rings is 2. The van der Waals surface area contributed by atoms with Gasteiger partial charge in [-0.3, -0.25) is 9.59 Å². The van der Waals surface area contributed by atoms with E-state index in [1.807, 2.05) is 24.3 Å². The summed E-state index contributed by atoms with van der Waals surface area (Å²) in [5.74, 6) is -0.136. The molecule has 3 rings (SSSR count). The minimum Gasteiger partial charge on any atom is -0.399 e. The molecule has 0 spiro atoms. The molecule has 5 nitrogen and oxygen atoms in total. The Bertz CT molecular complexity index is 743. The number of carbonyl (C=O) groups excluding carboxylic acids is 2. The highest BCUT2D eigenvalue weighted by atomic mass is 35.5. The standard InChI is InChI=1S/C19H21N3O2.ClH/c20-17-4-2-1-3-13(17)7-12-18(23)21-15-8-5-14(6-9-15)19(24)22-16-10-11-16;/h1-6,8-9,16H,7,10-12,20H2,(H,21,23)(H,22,24);1H. The lowest BCUT2D eigenvalue weighted by Gasteiger charge is -2.08. The number of rotatable bonds is 6. The summed E-state index contributed by atoms with van der Waals surface area (Å²) in [5.41, 5.74) is 8.84. The Kier molecular flexibility index (Phi) is 6.42. The third-order valence-electron chi connectivity index (χ3n) is 4.02. The monoisotopic (exact) mass is 359 g/mol. The molecule has 2 aromatic carbocycles. The van der Waals surface area contributed by atoms with Crippen LogP contribution in [0, 0.1) is 0 Å². The predicted molar refractivity (Wildman–Crippen MR) is 102 cm³/mol. The van der Waals surface area contributed by atoms with Gasteiger partial charge in [0.05, 0.1) is 0 Å². The number of hydrogen-bond acceptors (Lipinski definition) is 3. The average molecular weight is 360 g/mol. The Morgan fingerprint density at radius 2 is 1.72 bits per heavy atom. The summed E-state index contributed by atoms with van der Waals surface area (Å²) >= 11 is 0. The number of para-hydroxylation sites is 1. The molecule has 0 aliphatic heterocycles. The molecule has 2 aromatic rings. The summed E-state index contributed by atoms with van der Waals surface area (Å²) in [5, 5.41) is 5.78. The molecular formula is C19H22ClN3O2. The average Bonchev–Trinajstić information content (AvgIpc) is 3.39. The molecule has 1 saturated carbocycles. The fourth-order valence-electron chi connectivity index (χ4n) is 2.43. The quantitative estimate of drug-likeness (QED) is 0.693. The van der Waals surface area contributed by atoms with Gasteiger partial charge in [0.15, 0.2) is 0 Å². The summed E-state index contributed by atoms with van der Waals surface area (Å²) in [7, 11) is 0. The Labute approximate surface area is 153 Å². The maximum Gasteiger partial charge on any atom is 0.251 e. The number of amides is 2. The van der Waals surface area contributed by atoms with E-state index in [1.54, 1.807) is 24.3 Å². The van der Waals surface area contributed by atoms with Crippen molar-refractivity contribution in [2.75, 3.05) is 11.1 Å². The van der Waals surface area contributed by atoms with Crippen molar-refractivity contribution in [3.8, 4) is 0 Å². The van der Waals surface area contributed by atoms with Crippen molar-refractivity contribution in [3.63, 3.8) is 0 Å². The van der Waals surface area contributed by atoms with Crippen molar-refractivity contribution in [2.45, 2.75) is 31.7 Å². The molecule has 0 bridgehead atoms. The van der Waals surface area contributed by atoms with Gasteiger partial charge in [-0.05, 0) is 55.2 Å². The maximum atomic E-state index is 12.0. The number of nitrogens with one attached hydrogen (secondary N) is 2. The molecule has 132 valence electrons. The molecule has 2 amide bonds. The zero-order chi connectivity index (χ0) is 16.9. The van der Waals surface area contributed by atoms with Crippen LogP contribution in [0.2, 0.25) is 0 Å². The molecule has 4 N–H and O–H groups in total. The summed E-state index contributed by atoms with van der Waals surface area (Å²) in [6.45, 7) is 0. The van der Waals surface area contributed by atoms with Crippen LogP contribution in [0.4, 0.5) is 11.4 Å². The van der Waals surface area contributed by atoms with E-state index in [-0.39, 0.29) is 24.2 Å². The third kappa shape index (κ3) is 5.50. The van der Waals surface area contributed by atoms with Gasteiger partial charge in [0.1, 0.15) is 0 Å². The first-order valence-electron chi connectivity index (χ1n) is 8.16. The second kappa shape index (κ2) is 8.53. The van der Waals surface area contributed by atoms with Crippen LogP contribution in [0.1, 0.15) is 35.2 Å². The van der Waals surface area contributed by atoms with Crippen LogP contribution < -0.4 is 16.4 Å². The molecular weight excluding hydrogens is 338 g/mol. The lowest BCUT2D eigenvalue weighted by atomic mass is 10.1. The van der Waals surface area contributed by atoms with E-state index >= 15 is 0 Å². The van der Waals surface area contributed by atoms with Gasteiger partial charge in [0.25, 0.3) is 5.91 Å². The first-order valence-corrected chi connectivity index (χ1v) is 8.16. The zero-order valence-electron chi connectivity index (χ0n) is 13.8. The van der Waals surface area contributed by atoms with Gasteiger partial charge in [0, 0.05) is 29.4 Å². The molecule has 0 saturated heterocycles. The molecule has 1 fully saturated rings. The van der Waals surface area contributed by atoms with Gasteiger partial charge in [0.2, 0.25) is 5.91 Å². The summed E-state index contributed by atoms with van der Waals surface area (Å²) < 4.78 is 0. The normalized spacial score (nSPS) is 12.8. The van der Waals surface area contributed by atoms with E-state index in [9.17, 15) is 9.59 Å². The second-order valence-corrected chi connectivity index (χ2v) is 6.07. The van der Waals surface area contributed by atoms with Gasteiger partial charge in [-0.1, -0.05) is 18.2 Å². The minimum atomic E-state index is -0.0755. The van der Waals surface area contributed by atoms with Gasteiger partial charge in [-0.15, -0.1) is 12.4 Å². The summed E-state index contributed by atoms with van der Waals surface area (Å²) in [6.07, 6.45) is 3.08. The smallest absolute Gasteiger partial charge is 0.251 e. The SMILES string of the molecule is Cl.Nc1ccccc1CCC(=O)Nc1ccc(C(=O)NC2CC2)cc1. The Morgan fingerprint density at radius 1 is 1.04 bits per heavy atom. The van der Waals surface area contributed by atoms with Crippen LogP contribution in [-0.4, -0.2) is 17.9 Å². The van der Waals surface area contributed by atoms with E-state index < -0.39 is 0 Å². The van der Waals surface area contributed by atoms with Crippen molar-refractivity contribution in [2.24, 2.45) is 0 Å². The lowest BCUT2D eigenvalue weighted by molar-refractivity contribution is -0.116. The highest BCUT2D eigenvalue weighted by molar-refractivity contribution is 5.96. The summed E-state index contributed by atoms with van der Waals surface area (Å²) in [6, 6.07) is 14.8. The van der Waals surface area contributed by atoms with E-state index in [0.29, 0.717) is 35.8 Å². The number of anilines is 2. The number of carbonyl (C=O) groups is 2. The van der Waals surface area contributed by atoms with Crippen molar-refractivity contribution in [1.29, 1.82) is 0 Å². The van der Waals surface area contributed by atoms with Crippen LogP contribution >= 0.6 is 12.4 Å². The first-order chi connectivity index (χ1) is 11.6. The van der Waals surface area contributed by atoms with E-state index in [2.05, 4.69) is 10.6 Å². The Hall–Kier alpha value is -2.53. The second-order valence-electron chi connectivity index (χ2n) is 6.07. The van der Waals surface area contributed by atoms with Gasteiger partial charge >= 0.3 is 0 Å². The molecule has 6 heteroatoms. The highest BCUT2D eigenvalue weighted by Gasteiger charge is 2.23. The molecule has 25 heavy (non-hydrogen) atoms. The summed E-state index contributed by atoms with van der Waals surface area (Å²) in [4.78, 5) is 23.9. The largest absolute Gasteiger partial charge is 0.399 e. The lowest BCUT2D eigenvalue weighted by Crippen LogP contribution is -2.25. The highest BCUT2D eigenvalue weighted by Crippen LogP contribution is 2.20. The number of hydrogen-bond donors (Lipinski definition) is 3. The fraction of sp³-hybridized carbons (Fsp3) is 0.263. The maximum absolute atomic E-state index is 12.0. The molecule has 1 aliphatic carbocycles. The van der Waals surface area contributed by atoms with Gasteiger partial charge in [-0.2, -0.15) is 0 Å². The third-order valence-corrected chi connectivity index (χ3v) is 4.02. The molecule has 0 aromatic heterocycles. The first kappa shape index (κ1) is 18.8.